The molecule has 2 aromatic rings. The number of aromatic hydroxyl groups is 1. The highest BCUT2D eigenvalue weighted by Gasteiger charge is 2.27. The minimum Gasteiger partial charge on any atom is -0.508 e. The number of anilines is 1. The molecule has 6 nitrogen and oxygen atoms in total. The molecule has 2 heterocycles. The van der Waals surface area contributed by atoms with Gasteiger partial charge in [0.2, 0.25) is 0 Å². The van der Waals surface area contributed by atoms with Crippen molar-refractivity contribution in [3.8, 4) is 5.75 Å². The molecule has 148 valence electrons. The number of urea groups is 1. The van der Waals surface area contributed by atoms with Crippen molar-refractivity contribution in [2.45, 2.75) is 19.0 Å². The SMILES string of the molecule is O=C(N[C@H]1CCN(Cc2ccccc2)C1)N1CCN(c2cccc(O)c2)CC1. The molecule has 0 unspecified atom stereocenters. The molecular formula is C22H28N4O2. The van der Waals surface area contributed by atoms with E-state index < -0.39 is 0 Å². The molecule has 0 aliphatic carbocycles. The van der Waals surface area contributed by atoms with Crippen molar-refractivity contribution in [1.29, 1.82) is 0 Å². The molecule has 2 amide bonds. The van der Waals surface area contributed by atoms with E-state index in [0.29, 0.717) is 13.1 Å². The van der Waals surface area contributed by atoms with Gasteiger partial charge in [0.15, 0.2) is 0 Å². The van der Waals surface area contributed by atoms with Crippen LogP contribution in [-0.4, -0.2) is 66.2 Å². The standard InChI is InChI=1S/C22H28N4O2/c27-21-8-4-7-20(15-21)25-11-13-26(14-12-25)22(28)23-19-9-10-24(17-19)16-18-5-2-1-3-6-18/h1-8,15,19,27H,9-14,16-17H2,(H,23,28)/t19-/m0/s1. The molecule has 2 fully saturated rings. The molecular weight excluding hydrogens is 352 g/mol. The minimum atomic E-state index is 0.0436. The molecule has 0 aromatic heterocycles. The number of carbonyl (C=O) groups is 1. The van der Waals surface area contributed by atoms with Crippen LogP contribution >= 0.6 is 0 Å². The second kappa shape index (κ2) is 8.52. The molecule has 0 radical (unpaired) electrons. The van der Waals surface area contributed by atoms with Crippen molar-refractivity contribution in [3.05, 3.63) is 60.2 Å². The van der Waals surface area contributed by atoms with Gasteiger partial charge in [-0.15, -0.1) is 0 Å². The van der Waals surface area contributed by atoms with Crippen LogP contribution in [0, 0.1) is 0 Å². The molecule has 4 rings (SSSR count). The number of hydrogen-bond acceptors (Lipinski definition) is 4. The van der Waals surface area contributed by atoms with E-state index in [1.165, 1.54) is 5.56 Å². The van der Waals surface area contributed by atoms with Gasteiger partial charge in [-0.3, -0.25) is 4.90 Å². The zero-order valence-electron chi connectivity index (χ0n) is 16.1. The van der Waals surface area contributed by atoms with Gasteiger partial charge in [-0.2, -0.15) is 0 Å². The Bertz CT molecular complexity index is 790. The van der Waals surface area contributed by atoms with E-state index in [0.717, 1.165) is 44.8 Å². The van der Waals surface area contributed by atoms with E-state index in [-0.39, 0.29) is 17.8 Å². The van der Waals surface area contributed by atoms with E-state index in [2.05, 4.69) is 39.4 Å². The molecule has 2 N–H and O–H groups in total. The number of nitrogens with zero attached hydrogens (tertiary/aromatic N) is 3. The monoisotopic (exact) mass is 380 g/mol. The Balaban J connectivity index is 1.23. The summed E-state index contributed by atoms with van der Waals surface area (Å²) in [6.07, 6.45) is 1.00. The summed E-state index contributed by atoms with van der Waals surface area (Å²) in [6.45, 7) is 5.82. The molecule has 2 aromatic carbocycles. The summed E-state index contributed by atoms with van der Waals surface area (Å²) in [4.78, 5) is 19.2. The van der Waals surface area contributed by atoms with Crippen molar-refractivity contribution < 1.29 is 9.90 Å². The highest BCUT2D eigenvalue weighted by Crippen LogP contribution is 2.21. The average molecular weight is 380 g/mol. The summed E-state index contributed by atoms with van der Waals surface area (Å²) in [6, 6.07) is 18.0. The van der Waals surface area contributed by atoms with E-state index in [1.54, 1.807) is 12.1 Å². The number of piperazine rings is 1. The van der Waals surface area contributed by atoms with E-state index in [4.69, 9.17) is 0 Å². The van der Waals surface area contributed by atoms with Crippen LogP contribution in [0.5, 0.6) is 5.75 Å². The first-order valence-electron chi connectivity index (χ1n) is 10.0. The lowest BCUT2D eigenvalue weighted by Crippen LogP contribution is -2.53. The van der Waals surface area contributed by atoms with Crippen molar-refractivity contribution in [3.63, 3.8) is 0 Å². The Morgan fingerprint density at radius 3 is 2.54 bits per heavy atom. The van der Waals surface area contributed by atoms with Gasteiger partial charge in [-0.1, -0.05) is 36.4 Å². The first-order chi connectivity index (χ1) is 13.7. The minimum absolute atomic E-state index is 0.0436. The molecule has 0 saturated carbocycles. The lowest BCUT2D eigenvalue weighted by atomic mass is 10.2. The van der Waals surface area contributed by atoms with Crippen molar-refractivity contribution >= 4 is 11.7 Å². The second-order valence-corrected chi connectivity index (χ2v) is 7.65. The van der Waals surface area contributed by atoms with Gasteiger partial charge in [0.05, 0.1) is 0 Å². The van der Waals surface area contributed by atoms with Crippen LogP contribution in [0.3, 0.4) is 0 Å². The maximum atomic E-state index is 12.7. The lowest BCUT2D eigenvalue weighted by molar-refractivity contribution is 0.190. The molecule has 0 spiro atoms. The van der Waals surface area contributed by atoms with Gasteiger partial charge in [-0.05, 0) is 24.1 Å². The zero-order valence-corrected chi connectivity index (χ0v) is 16.1. The van der Waals surface area contributed by atoms with Crippen LogP contribution < -0.4 is 10.2 Å². The number of carbonyl (C=O) groups excluding carboxylic acids is 1. The second-order valence-electron chi connectivity index (χ2n) is 7.65. The summed E-state index contributed by atoms with van der Waals surface area (Å²) in [5, 5.41) is 12.9. The average Bonchev–Trinajstić information content (AvgIpc) is 3.15. The number of nitrogens with one attached hydrogen (secondary N) is 1. The maximum Gasteiger partial charge on any atom is 0.317 e. The van der Waals surface area contributed by atoms with E-state index in [1.807, 2.05) is 23.1 Å². The Labute approximate surface area is 166 Å². The van der Waals surface area contributed by atoms with Crippen LogP contribution in [0.1, 0.15) is 12.0 Å². The molecule has 2 saturated heterocycles. The van der Waals surface area contributed by atoms with E-state index >= 15 is 0 Å². The molecule has 28 heavy (non-hydrogen) atoms. The third kappa shape index (κ3) is 4.57. The molecule has 2 aliphatic heterocycles. The van der Waals surface area contributed by atoms with Crippen molar-refractivity contribution in [1.82, 2.24) is 15.1 Å². The summed E-state index contributed by atoms with van der Waals surface area (Å²) < 4.78 is 0. The Kier molecular flexibility index (Phi) is 5.67. The normalized spacial score (nSPS) is 20.4. The summed E-state index contributed by atoms with van der Waals surface area (Å²) in [5.41, 5.74) is 2.32. The number of benzene rings is 2. The van der Waals surface area contributed by atoms with Crippen molar-refractivity contribution in [2.24, 2.45) is 0 Å². The molecule has 1 atom stereocenters. The smallest absolute Gasteiger partial charge is 0.317 e. The first kappa shape index (κ1) is 18.6. The van der Waals surface area contributed by atoms with Crippen LogP contribution in [0.15, 0.2) is 54.6 Å². The molecule has 6 heteroatoms. The number of rotatable bonds is 4. The summed E-state index contributed by atoms with van der Waals surface area (Å²) in [7, 11) is 0. The third-order valence-electron chi connectivity index (χ3n) is 5.61. The van der Waals surface area contributed by atoms with Crippen LogP contribution in [0.2, 0.25) is 0 Å². The predicted molar refractivity (Wildman–Crippen MR) is 111 cm³/mol. The van der Waals surface area contributed by atoms with Gasteiger partial charge in [0.25, 0.3) is 0 Å². The van der Waals surface area contributed by atoms with Gasteiger partial charge >= 0.3 is 6.03 Å². The fraction of sp³-hybridized carbons (Fsp3) is 0.409. The van der Waals surface area contributed by atoms with Crippen molar-refractivity contribution in [2.75, 3.05) is 44.2 Å². The fourth-order valence-electron chi connectivity index (χ4n) is 4.06. The van der Waals surface area contributed by atoms with Gasteiger partial charge in [-0.25, -0.2) is 4.79 Å². The molecule has 2 aliphatic rings. The largest absolute Gasteiger partial charge is 0.508 e. The predicted octanol–water partition coefficient (Wildman–Crippen LogP) is 2.50. The van der Waals surface area contributed by atoms with Crippen LogP contribution in [0.4, 0.5) is 10.5 Å². The maximum absolute atomic E-state index is 12.7. The number of hydrogen-bond donors (Lipinski definition) is 2. The summed E-state index contributed by atoms with van der Waals surface area (Å²) >= 11 is 0. The van der Waals surface area contributed by atoms with Crippen LogP contribution in [-0.2, 0) is 6.54 Å². The van der Waals surface area contributed by atoms with E-state index in [9.17, 15) is 9.90 Å². The van der Waals surface area contributed by atoms with Gasteiger partial charge in [0.1, 0.15) is 5.75 Å². The highest BCUT2D eigenvalue weighted by atomic mass is 16.3. The third-order valence-corrected chi connectivity index (χ3v) is 5.61. The highest BCUT2D eigenvalue weighted by molar-refractivity contribution is 5.75. The lowest BCUT2D eigenvalue weighted by Gasteiger charge is -2.36. The number of phenols is 1. The van der Waals surface area contributed by atoms with Crippen LogP contribution in [0.25, 0.3) is 0 Å². The zero-order chi connectivity index (χ0) is 19.3. The number of likely N-dealkylation sites (tertiary alicyclic amines) is 1. The fourth-order valence-corrected chi connectivity index (χ4v) is 4.06. The quantitative estimate of drug-likeness (QED) is 0.856. The Morgan fingerprint density at radius 1 is 1.00 bits per heavy atom. The number of amides is 2. The molecule has 0 bridgehead atoms. The number of phenolic OH excluding ortho intramolecular Hbond substituents is 1. The Hall–Kier alpha value is -2.73. The summed E-state index contributed by atoms with van der Waals surface area (Å²) in [5.74, 6) is 0.277. The Morgan fingerprint density at radius 2 is 1.79 bits per heavy atom. The first-order valence-corrected chi connectivity index (χ1v) is 10.0. The van der Waals surface area contributed by atoms with Gasteiger partial charge in [0, 0.05) is 63.6 Å². The van der Waals surface area contributed by atoms with Gasteiger partial charge < -0.3 is 20.2 Å². The topological polar surface area (TPSA) is 59.1 Å².